The fourth-order valence-electron chi connectivity index (χ4n) is 2.65. The summed E-state index contributed by atoms with van der Waals surface area (Å²) in [5, 5.41) is 0. The van der Waals surface area contributed by atoms with Gasteiger partial charge in [0.1, 0.15) is 17.4 Å². The van der Waals surface area contributed by atoms with E-state index in [1.165, 1.54) is 31.2 Å². The summed E-state index contributed by atoms with van der Waals surface area (Å²) >= 11 is 0. The molecule has 1 heterocycles. The van der Waals surface area contributed by atoms with E-state index < -0.39 is 27.7 Å². The molecule has 0 aliphatic carbocycles. The highest BCUT2D eigenvalue weighted by Crippen LogP contribution is 2.33. The lowest BCUT2D eigenvalue weighted by molar-refractivity contribution is 0.262. The van der Waals surface area contributed by atoms with E-state index in [-0.39, 0.29) is 4.90 Å². The lowest BCUT2D eigenvalue weighted by atomic mass is 10.0. The Kier molecular flexibility index (Phi) is 4.08. The van der Waals surface area contributed by atoms with Crippen molar-refractivity contribution < 1.29 is 21.9 Å². The molecule has 23 heavy (non-hydrogen) atoms. The lowest BCUT2D eigenvalue weighted by Crippen LogP contribution is -2.32. The first-order chi connectivity index (χ1) is 10.9. The second-order valence-electron chi connectivity index (χ2n) is 5.40. The summed E-state index contributed by atoms with van der Waals surface area (Å²) < 4.78 is 59.7. The van der Waals surface area contributed by atoms with E-state index in [1.807, 2.05) is 0 Å². The number of sulfonamides is 1. The quantitative estimate of drug-likeness (QED) is 0.935. The van der Waals surface area contributed by atoms with Crippen molar-refractivity contribution in [2.24, 2.45) is 0 Å². The maximum absolute atomic E-state index is 13.5. The fraction of sp³-hybridized carbons (Fsp3) is 0.250. The van der Waals surface area contributed by atoms with E-state index in [0.29, 0.717) is 29.9 Å². The van der Waals surface area contributed by atoms with Gasteiger partial charge in [-0.1, -0.05) is 0 Å². The van der Waals surface area contributed by atoms with Crippen molar-refractivity contribution in [3.8, 4) is 5.75 Å². The van der Waals surface area contributed by atoms with Crippen LogP contribution >= 0.6 is 0 Å². The molecule has 0 spiro atoms. The number of hydrogen-bond acceptors (Lipinski definition) is 3. The number of nitrogens with one attached hydrogen (secondary N) is 1. The van der Waals surface area contributed by atoms with Gasteiger partial charge in [0.25, 0.3) is 0 Å². The molecule has 0 saturated heterocycles. The number of hydrogen-bond donors (Lipinski definition) is 1. The van der Waals surface area contributed by atoms with Gasteiger partial charge in [-0.3, -0.25) is 0 Å². The van der Waals surface area contributed by atoms with Gasteiger partial charge < -0.3 is 4.74 Å². The van der Waals surface area contributed by atoms with E-state index in [2.05, 4.69) is 4.72 Å². The van der Waals surface area contributed by atoms with Crippen LogP contribution in [0.15, 0.2) is 41.3 Å². The van der Waals surface area contributed by atoms with Crippen molar-refractivity contribution in [3.63, 3.8) is 0 Å². The van der Waals surface area contributed by atoms with Crippen LogP contribution in [0.25, 0.3) is 0 Å². The predicted octanol–water partition coefficient (Wildman–Crippen LogP) is 3.08. The Morgan fingerprint density at radius 1 is 1.13 bits per heavy atom. The van der Waals surface area contributed by atoms with Crippen LogP contribution in [0.4, 0.5) is 8.78 Å². The minimum absolute atomic E-state index is 0.00310. The number of rotatable bonds is 3. The van der Waals surface area contributed by atoms with Crippen LogP contribution in [0.5, 0.6) is 5.75 Å². The topological polar surface area (TPSA) is 55.4 Å². The third-order valence-corrected chi connectivity index (χ3v) is 5.37. The third-order valence-electron chi connectivity index (χ3n) is 3.74. The molecule has 2 aromatic rings. The summed E-state index contributed by atoms with van der Waals surface area (Å²) in [6.07, 6.45) is 0.385. The van der Waals surface area contributed by atoms with E-state index in [9.17, 15) is 17.2 Å². The van der Waals surface area contributed by atoms with Gasteiger partial charge in [0, 0.05) is 12.0 Å². The summed E-state index contributed by atoms with van der Waals surface area (Å²) in [6.45, 7) is 1.85. The van der Waals surface area contributed by atoms with Gasteiger partial charge in [-0.05, 0) is 48.9 Å². The van der Waals surface area contributed by atoms with Crippen molar-refractivity contribution in [1.29, 1.82) is 0 Å². The van der Waals surface area contributed by atoms with Gasteiger partial charge in [0.05, 0.1) is 17.5 Å². The number of ether oxygens (including phenoxy) is 1. The van der Waals surface area contributed by atoms with Gasteiger partial charge in [0.2, 0.25) is 10.0 Å². The van der Waals surface area contributed by atoms with Gasteiger partial charge in [0.15, 0.2) is 0 Å². The minimum atomic E-state index is -3.86. The fourth-order valence-corrected chi connectivity index (χ4v) is 4.13. The lowest BCUT2D eigenvalue weighted by Gasteiger charge is -2.26. The zero-order valence-electron chi connectivity index (χ0n) is 12.3. The molecule has 1 aliphatic rings. The molecule has 7 heteroatoms. The van der Waals surface area contributed by atoms with Crippen LogP contribution in [0.1, 0.15) is 23.6 Å². The van der Waals surface area contributed by atoms with E-state index in [4.69, 9.17) is 4.74 Å². The molecule has 0 aromatic heterocycles. The molecule has 1 aliphatic heterocycles. The van der Waals surface area contributed by atoms with Crippen LogP contribution in [0.3, 0.4) is 0 Å². The van der Waals surface area contributed by atoms with Crippen LogP contribution < -0.4 is 9.46 Å². The predicted molar refractivity (Wildman–Crippen MR) is 80.7 cm³/mol. The molecule has 3 rings (SSSR count). The Morgan fingerprint density at radius 3 is 2.57 bits per heavy atom. The molecule has 0 saturated carbocycles. The molecule has 2 aromatic carbocycles. The van der Waals surface area contributed by atoms with Gasteiger partial charge >= 0.3 is 0 Å². The second kappa shape index (κ2) is 5.90. The number of fused-ring (bicyclic) bond motifs is 1. The zero-order chi connectivity index (χ0) is 16.6. The molecular formula is C16H15F2NO3S. The standard InChI is InChI=1S/C16H15F2NO3S/c1-10-8-11(17)3-5-16(10)23(20,21)19-14-6-7-22-15-4-2-12(18)9-13(14)15/h2-5,8-9,14,19H,6-7H2,1H3. The van der Waals surface area contributed by atoms with E-state index in [0.717, 1.165) is 12.1 Å². The van der Waals surface area contributed by atoms with Crippen LogP contribution in [-0.4, -0.2) is 15.0 Å². The zero-order valence-corrected chi connectivity index (χ0v) is 13.2. The Hall–Kier alpha value is -1.99. The smallest absolute Gasteiger partial charge is 0.241 e. The highest BCUT2D eigenvalue weighted by Gasteiger charge is 2.28. The number of benzene rings is 2. The van der Waals surface area contributed by atoms with Crippen molar-refractivity contribution in [3.05, 3.63) is 59.2 Å². The van der Waals surface area contributed by atoms with Crippen molar-refractivity contribution in [1.82, 2.24) is 4.72 Å². The van der Waals surface area contributed by atoms with Gasteiger partial charge in [-0.15, -0.1) is 0 Å². The Labute approximate surface area is 133 Å². The number of aryl methyl sites for hydroxylation is 1. The molecule has 122 valence electrons. The molecule has 0 radical (unpaired) electrons. The van der Waals surface area contributed by atoms with Crippen molar-refractivity contribution >= 4 is 10.0 Å². The summed E-state index contributed by atoms with van der Waals surface area (Å²) in [7, 11) is -3.86. The summed E-state index contributed by atoms with van der Waals surface area (Å²) in [6, 6.07) is 6.89. The average Bonchev–Trinajstić information content (AvgIpc) is 2.47. The largest absolute Gasteiger partial charge is 0.493 e. The summed E-state index contributed by atoms with van der Waals surface area (Å²) in [4.78, 5) is 0.00310. The molecule has 1 N–H and O–H groups in total. The first-order valence-electron chi connectivity index (χ1n) is 7.07. The van der Waals surface area contributed by atoms with Gasteiger partial charge in [-0.25, -0.2) is 21.9 Å². The first kappa shape index (κ1) is 15.9. The highest BCUT2D eigenvalue weighted by molar-refractivity contribution is 7.89. The molecule has 0 bridgehead atoms. The maximum Gasteiger partial charge on any atom is 0.241 e. The Morgan fingerprint density at radius 2 is 1.83 bits per heavy atom. The summed E-state index contributed by atoms with van der Waals surface area (Å²) in [5.41, 5.74) is 0.767. The van der Waals surface area contributed by atoms with Crippen LogP contribution in [-0.2, 0) is 10.0 Å². The SMILES string of the molecule is Cc1cc(F)ccc1S(=O)(=O)NC1CCOc2ccc(F)cc21. The molecular weight excluding hydrogens is 324 g/mol. The molecule has 4 nitrogen and oxygen atoms in total. The average molecular weight is 339 g/mol. The normalized spacial score (nSPS) is 17.4. The molecule has 0 amide bonds. The monoisotopic (exact) mass is 339 g/mol. The van der Waals surface area contributed by atoms with Crippen molar-refractivity contribution in [2.45, 2.75) is 24.3 Å². The maximum atomic E-state index is 13.5. The van der Waals surface area contributed by atoms with Crippen molar-refractivity contribution in [2.75, 3.05) is 6.61 Å². The summed E-state index contributed by atoms with van der Waals surface area (Å²) in [5.74, 6) is -0.502. The number of halogens is 2. The van der Waals surface area contributed by atoms with E-state index in [1.54, 1.807) is 0 Å². The molecule has 0 fully saturated rings. The van der Waals surface area contributed by atoms with E-state index >= 15 is 0 Å². The Bertz CT molecular complexity index is 852. The minimum Gasteiger partial charge on any atom is -0.493 e. The highest BCUT2D eigenvalue weighted by atomic mass is 32.2. The Balaban J connectivity index is 1.95. The van der Waals surface area contributed by atoms with Crippen LogP contribution in [0, 0.1) is 18.6 Å². The second-order valence-corrected chi connectivity index (χ2v) is 7.09. The first-order valence-corrected chi connectivity index (χ1v) is 8.56. The third kappa shape index (κ3) is 3.20. The molecule has 1 atom stereocenters. The van der Waals surface area contributed by atoms with Gasteiger partial charge in [-0.2, -0.15) is 0 Å². The van der Waals surface area contributed by atoms with Crippen LogP contribution in [0.2, 0.25) is 0 Å². The molecule has 1 unspecified atom stereocenters.